The number of rotatable bonds is 23. The van der Waals surface area contributed by atoms with Crippen LogP contribution in [0.15, 0.2) is 42.5 Å². The highest BCUT2D eigenvalue weighted by atomic mass is 16.4. The standard InChI is InChI=1S/C38H58N8O10/c1-20(2)16-26(36(53)45-27(17-21(3)4)37(54)46-32(22(5)6)33(39)50)44-35(52)24(8)42-30(48)15-14-29(47)41-23(7)34(51)40-19-31(49)43-28(38(55)56)18-25-12-10-9-11-13-25/h9-15,20-24,26-28,32H,16-19H2,1-8H3,(H2,39,50)(H,40,51)(H,41,47)(H,42,48)(H,43,49)(H,44,52)(H,45,53)(H,46,54)(H,55,56). The zero-order chi connectivity index (χ0) is 42.7. The average Bonchev–Trinajstić information content (AvgIpc) is 3.10. The molecule has 6 atom stereocenters. The van der Waals surface area contributed by atoms with E-state index in [-0.39, 0.29) is 37.0 Å². The third-order valence-electron chi connectivity index (χ3n) is 8.18. The number of amides is 8. The zero-order valence-electron chi connectivity index (χ0n) is 33.3. The third-order valence-corrected chi connectivity index (χ3v) is 8.18. The van der Waals surface area contributed by atoms with Gasteiger partial charge in [0.25, 0.3) is 0 Å². The van der Waals surface area contributed by atoms with Crippen LogP contribution in [0.4, 0.5) is 0 Å². The number of hydrogen-bond donors (Lipinski definition) is 9. The predicted molar refractivity (Wildman–Crippen MR) is 206 cm³/mol. The summed E-state index contributed by atoms with van der Waals surface area (Å²) < 4.78 is 0. The lowest BCUT2D eigenvalue weighted by Gasteiger charge is -2.27. The van der Waals surface area contributed by atoms with Gasteiger partial charge in [-0.05, 0) is 50.0 Å². The fraction of sp³-hybridized carbons (Fsp3) is 0.553. The van der Waals surface area contributed by atoms with Gasteiger partial charge in [0.05, 0.1) is 6.54 Å². The van der Waals surface area contributed by atoms with Gasteiger partial charge >= 0.3 is 5.97 Å². The molecule has 8 amide bonds. The summed E-state index contributed by atoms with van der Waals surface area (Å²) in [4.78, 5) is 113. The van der Waals surface area contributed by atoms with Gasteiger partial charge in [0.15, 0.2) is 0 Å². The van der Waals surface area contributed by atoms with Crippen LogP contribution in [0.3, 0.4) is 0 Å². The van der Waals surface area contributed by atoms with Crippen molar-refractivity contribution in [2.24, 2.45) is 23.5 Å². The monoisotopic (exact) mass is 786 g/mol. The lowest BCUT2D eigenvalue weighted by atomic mass is 9.98. The fourth-order valence-electron chi connectivity index (χ4n) is 5.22. The van der Waals surface area contributed by atoms with Gasteiger partial charge in [-0.15, -0.1) is 0 Å². The number of carbonyl (C=O) groups excluding carboxylic acids is 8. The quantitative estimate of drug-likeness (QED) is 0.0621. The molecule has 1 aromatic carbocycles. The van der Waals surface area contributed by atoms with E-state index in [9.17, 15) is 48.3 Å². The number of carbonyl (C=O) groups is 9. The van der Waals surface area contributed by atoms with Gasteiger partial charge in [0.2, 0.25) is 47.3 Å². The second-order valence-electron chi connectivity index (χ2n) is 14.7. The first-order chi connectivity index (χ1) is 26.1. The van der Waals surface area contributed by atoms with Gasteiger partial charge in [-0.3, -0.25) is 38.4 Å². The normalized spacial score (nSPS) is 14.4. The van der Waals surface area contributed by atoms with Gasteiger partial charge in [-0.1, -0.05) is 71.9 Å². The molecular formula is C38H58N8O10. The molecule has 0 saturated heterocycles. The number of benzene rings is 1. The number of primary amides is 1. The van der Waals surface area contributed by atoms with Crippen LogP contribution in [0, 0.1) is 17.8 Å². The molecule has 10 N–H and O–H groups in total. The second kappa shape index (κ2) is 23.9. The Balaban J connectivity index is 2.74. The van der Waals surface area contributed by atoms with Crippen molar-refractivity contribution in [2.45, 2.75) is 111 Å². The highest BCUT2D eigenvalue weighted by molar-refractivity contribution is 6.00. The van der Waals surface area contributed by atoms with E-state index in [0.717, 1.165) is 12.2 Å². The molecular weight excluding hydrogens is 728 g/mol. The van der Waals surface area contributed by atoms with Crippen LogP contribution in [0.1, 0.15) is 73.8 Å². The Morgan fingerprint density at radius 2 is 1.07 bits per heavy atom. The predicted octanol–water partition coefficient (Wildman–Crippen LogP) is -0.832. The molecule has 56 heavy (non-hydrogen) atoms. The molecule has 0 spiro atoms. The Kier molecular flexibility index (Phi) is 20.5. The molecule has 0 heterocycles. The third kappa shape index (κ3) is 18.5. The summed E-state index contributed by atoms with van der Waals surface area (Å²) in [5.74, 6) is -7.52. The number of nitrogens with two attached hydrogens (primary N) is 1. The van der Waals surface area contributed by atoms with Gasteiger partial charge in [-0.2, -0.15) is 0 Å². The molecule has 0 radical (unpaired) electrons. The molecule has 0 saturated carbocycles. The van der Waals surface area contributed by atoms with Crippen LogP contribution in [0.5, 0.6) is 0 Å². The van der Waals surface area contributed by atoms with Crippen LogP contribution >= 0.6 is 0 Å². The van der Waals surface area contributed by atoms with Gasteiger partial charge < -0.3 is 48.1 Å². The lowest BCUT2D eigenvalue weighted by Crippen LogP contribution is -2.58. The van der Waals surface area contributed by atoms with Crippen LogP contribution in [-0.4, -0.2) is 101 Å². The van der Waals surface area contributed by atoms with Crippen LogP contribution in [0.2, 0.25) is 0 Å². The van der Waals surface area contributed by atoms with Crippen molar-refractivity contribution < 1.29 is 48.3 Å². The highest BCUT2D eigenvalue weighted by Crippen LogP contribution is 2.11. The first kappa shape index (κ1) is 48.2. The van der Waals surface area contributed by atoms with E-state index in [0.29, 0.717) is 5.56 Å². The molecule has 0 aliphatic carbocycles. The van der Waals surface area contributed by atoms with Crippen LogP contribution in [0.25, 0.3) is 0 Å². The lowest BCUT2D eigenvalue weighted by molar-refractivity contribution is -0.141. The number of aliphatic carboxylic acids is 1. The summed E-state index contributed by atoms with van der Waals surface area (Å²) >= 11 is 0. The fourth-order valence-corrected chi connectivity index (χ4v) is 5.22. The Bertz CT molecular complexity index is 1580. The summed E-state index contributed by atoms with van der Waals surface area (Å²) in [6, 6.07) is 2.04. The van der Waals surface area contributed by atoms with E-state index in [2.05, 4.69) is 37.2 Å². The summed E-state index contributed by atoms with van der Waals surface area (Å²) in [6.45, 7) is 12.9. The van der Waals surface area contributed by atoms with Crippen LogP contribution < -0.4 is 43.0 Å². The summed E-state index contributed by atoms with van der Waals surface area (Å²) in [5.41, 5.74) is 6.13. The van der Waals surface area contributed by atoms with E-state index in [1.165, 1.54) is 13.8 Å². The van der Waals surface area contributed by atoms with Crippen molar-refractivity contribution in [3.63, 3.8) is 0 Å². The molecule has 0 bridgehead atoms. The molecule has 0 aromatic heterocycles. The maximum atomic E-state index is 13.4. The smallest absolute Gasteiger partial charge is 0.326 e. The number of carboxylic acids is 1. The van der Waals surface area contributed by atoms with Crippen molar-refractivity contribution in [1.82, 2.24) is 37.2 Å². The molecule has 6 unspecified atom stereocenters. The van der Waals surface area contributed by atoms with Gasteiger partial charge in [0, 0.05) is 18.6 Å². The van der Waals surface area contributed by atoms with E-state index in [1.807, 2.05) is 27.7 Å². The zero-order valence-corrected chi connectivity index (χ0v) is 33.3. The average molecular weight is 787 g/mol. The molecule has 0 aliphatic rings. The highest BCUT2D eigenvalue weighted by Gasteiger charge is 2.32. The minimum absolute atomic E-state index is 0.0231. The molecule has 310 valence electrons. The minimum atomic E-state index is -1.25. The number of hydrogen-bond acceptors (Lipinski definition) is 9. The maximum absolute atomic E-state index is 13.4. The Labute approximate surface area is 327 Å². The molecule has 0 fully saturated rings. The maximum Gasteiger partial charge on any atom is 0.326 e. The van der Waals surface area contributed by atoms with Gasteiger partial charge in [0.1, 0.15) is 36.3 Å². The minimum Gasteiger partial charge on any atom is -0.480 e. The molecule has 0 aliphatic heterocycles. The molecule has 1 rings (SSSR count). The van der Waals surface area contributed by atoms with E-state index < -0.39 is 96.0 Å². The Morgan fingerprint density at radius 1 is 0.607 bits per heavy atom. The molecule has 18 heteroatoms. The first-order valence-corrected chi connectivity index (χ1v) is 18.4. The second-order valence-corrected chi connectivity index (χ2v) is 14.7. The van der Waals surface area contributed by atoms with Crippen molar-refractivity contribution >= 4 is 53.2 Å². The largest absolute Gasteiger partial charge is 0.480 e. The van der Waals surface area contributed by atoms with Crippen LogP contribution in [-0.2, 0) is 49.6 Å². The van der Waals surface area contributed by atoms with Gasteiger partial charge in [-0.25, -0.2) is 4.79 Å². The van der Waals surface area contributed by atoms with Crippen molar-refractivity contribution in [3.05, 3.63) is 48.0 Å². The Morgan fingerprint density at radius 3 is 1.52 bits per heavy atom. The van der Waals surface area contributed by atoms with E-state index >= 15 is 0 Å². The van der Waals surface area contributed by atoms with E-state index in [1.54, 1.807) is 44.2 Å². The molecule has 1 aromatic rings. The Hall–Kier alpha value is -5.81. The summed E-state index contributed by atoms with van der Waals surface area (Å²) in [6.07, 6.45) is 2.12. The van der Waals surface area contributed by atoms with Crippen molar-refractivity contribution in [1.29, 1.82) is 0 Å². The van der Waals surface area contributed by atoms with Crippen molar-refractivity contribution in [3.8, 4) is 0 Å². The summed E-state index contributed by atoms with van der Waals surface area (Å²) in [5, 5.41) is 26.7. The SMILES string of the molecule is CC(C)CC(NC(=O)C(C)NC(=O)C=CC(=O)NC(C)C(=O)NCC(=O)NC(Cc1ccccc1)C(=O)O)C(=O)NC(CC(C)C)C(=O)NC(C(N)=O)C(C)C. The van der Waals surface area contributed by atoms with Crippen molar-refractivity contribution in [2.75, 3.05) is 6.54 Å². The molecule has 18 nitrogen and oxygen atoms in total. The summed E-state index contributed by atoms with van der Waals surface area (Å²) in [7, 11) is 0. The topological polar surface area (TPSA) is 284 Å². The first-order valence-electron chi connectivity index (χ1n) is 18.4. The number of nitrogens with one attached hydrogen (secondary N) is 7. The number of carboxylic acid groups (broad SMARTS) is 1. The van der Waals surface area contributed by atoms with E-state index in [4.69, 9.17) is 5.73 Å².